The molecule has 1 unspecified atom stereocenters. The first-order chi connectivity index (χ1) is 7.11. The SMILES string of the molecule is CCC1=C[C@@H]2[C@H](C1)CC2(CC)CC(=O)O. The van der Waals surface area contributed by atoms with Gasteiger partial charge in [0.2, 0.25) is 0 Å². The van der Waals surface area contributed by atoms with Crippen LogP contribution in [-0.2, 0) is 4.79 Å². The van der Waals surface area contributed by atoms with Gasteiger partial charge in [-0.1, -0.05) is 25.5 Å². The van der Waals surface area contributed by atoms with Crippen molar-refractivity contribution in [1.82, 2.24) is 0 Å². The van der Waals surface area contributed by atoms with Crippen molar-refractivity contribution in [2.24, 2.45) is 17.3 Å². The number of allylic oxidation sites excluding steroid dienone is 2. The van der Waals surface area contributed by atoms with Crippen molar-refractivity contribution in [3.05, 3.63) is 11.6 Å². The largest absolute Gasteiger partial charge is 0.481 e. The average Bonchev–Trinajstić information content (AvgIpc) is 2.53. The van der Waals surface area contributed by atoms with E-state index in [4.69, 9.17) is 5.11 Å². The first-order valence-corrected chi connectivity index (χ1v) is 6.02. The third-order valence-corrected chi connectivity index (χ3v) is 4.48. The molecule has 0 radical (unpaired) electrons. The maximum atomic E-state index is 10.9. The van der Waals surface area contributed by atoms with Crippen LogP contribution < -0.4 is 0 Å². The molecule has 15 heavy (non-hydrogen) atoms. The number of carboxylic acid groups (broad SMARTS) is 1. The molecule has 0 aromatic carbocycles. The summed E-state index contributed by atoms with van der Waals surface area (Å²) in [5.41, 5.74) is 1.64. The Bertz CT molecular complexity index is 306. The van der Waals surface area contributed by atoms with Gasteiger partial charge in [-0.05, 0) is 42.9 Å². The van der Waals surface area contributed by atoms with Crippen LogP contribution in [-0.4, -0.2) is 11.1 Å². The lowest BCUT2D eigenvalue weighted by Crippen LogP contribution is -2.46. The lowest BCUT2D eigenvalue weighted by Gasteiger charge is -2.51. The molecule has 0 aromatic heterocycles. The number of carbonyl (C=O) groups is 1. The van der Waals surface area contributed by atoms with E-state index in [1.54, 1.807) is 5.57 Å². The fourth-order valence-corrected chi connectivity index (χ4v) is 3.55. The maximum Gasteiger partial charge on any atom is 0.303 e. The smallest absolute Gasteiger partial charge is 0.303 e. The minimum Gasteiger partial charge on any atom is -0.481 e. The second-order valence-electron chi connectivity index (χ2n) is 5.16. The van der Waals surface area contributed by atoms with Gasteiger partial charge in [0, 0.05) is 0 Å². The van der Waals surface area contributed by atoms with E-state index in [1.165, 1.54) is 6.42 Å². The molecule has 2 rings (SSSR count). The van der Waals surface area contributed by atoms with E-state index in [1.807, 2.05) is 0 Å². The number of hydrogen-bond donors (Lipinski definition) is 1. The summed E-state index contributed by atoms with van der Waals surface area (Å²) in [7, 11) is 0. The summed E-state index contributed by atoms with van der Waals surface area (Å²) in [4.78, 5) is 10.9. The monoisotopic (exact) mass is 208 g/mol. The van der Waals surface area contributed by atoms with Crippen LogP contribution in [0.4, 0.5) is 0 Å². The van der Waals surface area contributed by atoms with E-state index in [-0.39, 0.29) is 5.41 Å². The van der Waals surface area contributed by atoms with Gasteiger partial charge in [0.15, 0.2) is 0 Å². The lowest BCUT2D eigenvalue weighted by atomic mass is 9.52. The van der Waals surface area contributed by atoms with Gasteiger partial charge in [-0.2, -0.15) is 0 Å². The van der Waals surface area contributed by atoms with Crippen molar-refractivity contribution in [2.75, 3.05) is 0 Å². The number of aliphatic carboxylic acids is 1. The Morgan fingerprint density at radius 1 is 1.60 bits per heavy atom. The zero-order chi connectivity index (χ0) is 11.1. The van der Waals surface area contributed by atoms with Gasteiger partial charge < -0.3 is 5.11 Å². The molecular weight excluding hydrogens is 188 g/mol. The molecule has 0 aromatic rings. The Morgan fingerprint density at radius 2 is 2.33 bits per heavy atom. The van der Waals surface area contributed by atoms with E-state index in [2.05, 4.69) is 19.9 Å². The molecule has 2 nitrogen and oxygen atoms in total. The van der Waals surface area contributed by atoms with Gasteiger partial charge in [0.25, 0.3) is 0 Å². The molecular formula is C13H20O2. The van der Waals surface area contributed by atoms with Gasteiger partial charge in [0.1, 0.15) is 0 Å². The molecule has 2 heteroatoms. The molecule has 1 fully saturated rings. The van der Waals surface area contributed by atoms with Crippen LogP contribution in [0.15, 0.2) is 11.6 Å². The highest BCUT2D eigenvalue weighted by molar-refractivity contribution is 5.68. The predicted molar refractivity (Wildman–Crippen MR) is 59.6 cm³/mol. The molecule has 2 aliphatic rings. The first kappa shape index (κ1) is 10.7. The third kappa shape index (κ3) is 1.60. The van der Waals surface area contributed by atoms with Crippen molar-refractivity contribution < 1.29 is 9.90 Å². The van der Waals surface area contributed by atoms with Crippen LogP contribution in [0.1, 0.15) is 46.0 Å². The second-order valence-corrected chi connectivity index (χ2v) is 5.16. The minimum atomic E-state index is -0.631. The van der Waals surface area contributed by atoms with E-state index in [9.17, 15) is 4.79 Å². The summed E-state index contributed by atoms with van der Waals surface area (Å²) in [5.74, 6) is 0.696. The van der Waals surface area contributed by atoms with Crippen molar-refractivity contribution >= 4 is 5.97 Å². The van der Waals surface area contributed by atoms with E-state index in [0.717, 1.165) is 25.2 Å². The van der Waals surface area contributed by atoms with Crippen LogP contribution in [0.5, 0.6) is 0 Å². The van der Waals surface area contributed by atoms with Crippen molar-refractivity contribution in [2.45, 2.75) is 46.0 Å². The first-order valence-electron chi connectivity index (χ1n) is 6.02. The zero-order valence-corrected chi connectivity index (χ0v) is 9.62. The van der Waals surface area contributed by atoms with Crippen LogP contribution in [0.3, 0.4) is 0 Å². The summed E-state index contributed by atoms with van der Waals surface area (Å²) in [6, 6.07) is 0. The van der Waals surface area contributed by atoms with Gasteiger partial charge >= 0.3 is 5.97 Å². The number of rotatable bonds is 4. The third-order valence-electron chi connectivity index (χ3n) is 4.48. The summed E-state index contributed by atoms with van der Waals surface area (Å²) >= 11 is 0. The fourth-order valence-electron chi connectivity index (χ4n) is 3.55. The van der Waals surface area contributed by atoms with Crippen molar-refractivity contribution in [3.8, 4) is 0 Å². The summed E-state index contributed by atoms with van der Waals surface area (Å²) in [6.45, 7) is 4.33. The molecule has 1 N–H and O–H groups in total. The Labute approximate surface area is 91.4 Å². The molecule has 0 heterocycles. The molecule has 3 atom stereocenters. The van der Waals surface area contributed by atoms with Crippen LogP contribution in [0.2, 0.25) is 0 Å². The van der Waals surface area contributed by atoms with Gasteiger partial charge in [-0.25, -0.2) is 0 Å². The van der Waals surface area contributed by atoms with E-state index in [0.29, 0.717) is 12.3 Å². The topological polar surface area (TPSA) is 37.3 Å². The molecule has 2 aliphatic carbocycles. The Hall–Kier alpha value is -0.790. The highest BCUT2D eigenvalue weighted by atomic mass is 16.4. The standard InChI is InChI=1S/C13H20O2/c1-3-9-5-10-7-13(4-2,8-12(14)15)11(10)6-9/h6,10-11H,3-5,7-8H2,1-2H3,(H,14,15)/t10-,11-,13?/m1/s1. The highest BCUT2D eigenvalue weighted by Crippen LogP contribution is 2.61. The van der Waals surface area contributed by atoms with Crippen molar-refractivity contribution in [3.63, 3.8) is 0 Å². The summed E-state index contributed by atoms with van der Waals surface area (Å²) < 4.78 is 0. The van der Waals surface area contributed by atoms with E-state index >= 15 is 0 Å². The minimum absolute atomic E-state index is 0.0907. The van der Waals surface area contributed by atoms with Crippen LogP contribution in [0.25, 0.3) is 0 Å². The summed E-state index contributed by atoms with van der Waals surface area (Å²) in [5, 5.41) is 8.97. The molecule has 0 spiro atoms. The number of carboxylic acids is 1. The molecule has 0 amide bonds. The Kier molecular flexibility index (Phi) is 2.61. The molecule has 0 aliphatic heterocycles. The highest BCUT2D eigenvalue weighted by Gasteiger charge is 2.54. The quantitative estimate of drug-likeness (QED) is 0.720. The second kappa shape index (κ2) is 3.66. The average molecular weight is 208 g/mol. The van der Waals surface area contributed by atoms with Gasteiger partial charge in [-0.15, -0.1) is 0 Å². The zero-order valence-electron chi connectivity index (χ0n) is 9.62. The predicted octanol–water partition coefficient (Wildman–Crippen LogP) is 3.23. The molecule has 0 bridgehead atoms. The Morgan fingerprint density at radius 3 is 2.87 bits per heavy atom. The molecule has 1 saturated carbocycles. The van der Waals surface area contributed by atoms with Crippen LogP contribution in [0, 0.1) is 17.3 Å². The summed E-state index contributed by atoms with van der Waals surface area (Å²) in [6.07, 6.45) is 7.23. The van der Waals surface area contributed by atoms with Gasteiger partial charge in [0.05, 0.1) is 6.42 Å². The molecule has 84 valence electrons. The van der Waals surface area contributed by atoms with Gasteiger partial charge in [-0.3, -0.25) is 4.79 Å². The Balaban J connectivity index is 2.11. The normalized spacial score (nSPS) is 38.1. The number of hydrogen-bond acceptors (Lipinski definition) is 1. The maximum absolute atomic E-state index is 10.9. The fraction of sp³-hybridized carbons (Fsp3) is 0.769. The lowest BCUT2D eigenvalue weighted by molar-refractivity contribution is -0.145. The van der Waals surface area contributed by atoms with E-state index < -0.39 is 5.97 Å². The van der Waals surface area contributed by atoms with Crippen molar-refractivity contribution in [1.29, 1.82) is 0 Å². The molecule has 0 saturated heterocycles. The number of fused-ring (bicyclic) bond motifs is 1. The van der Waals surface area contributed by atoms with Crippen LogP contribution >= 0.6 is 0 Å².